The van der Waals surface area contributed by atoms with E-state index in [0.29, 0.717) is 5.56 Å². The van der Waals surface area contributed by atoms with Gasteiger partial charge in [-0.2, -0.15) is 8.78 Å². The third-order valence-corrected chi connectivity index (χ3v) is 2.32. The molecule has 0 heterocycles. The maximum absolute atomic E-state index is 13.0. The number of hydrogen-bond donors (Lipinski definition) is 0. The van der Waals surface area contributed by atoms with Crippen molar-refractivity contribution in [2.45, 2.75) is 25.1 Å². The van der Waals surface area contributed by atoms with Gasteiger partial charge in [0.15, 0.2) is 6.10 Å². The Morgan fingerprint density at radius 3 is 2.37 bits per heavy atom. The predicted octanol–water partition coefficient (Wildman–Crippen LogP) is 2.65. The summed E-state index contributed by atoms with van der Waals surface area (Å²) in [5.74, 6) is -4.45. The van der Waals surface area contributed by atoms with Crippen LogP contribution in [0.2, 0.25) is 0 Å². The number of benzene rings is 1. The summed E-state index contributed by atoms with van der Waals surface area (Å²) in [7, 11) is 0. The minimum absolute atomic E-state index is 0.0428. The molecule has 0 N–H and O–H groups in total. The number of ether oxygens (including phenoxy) is 2. The Hall–Kier alpha value is -1.63. The lowest BCUT2D eigenvalue weighted by molar-refractivity contribution is -0.214. The van der Waals surface area contributed by atoms with Crippen LogP contribution in [0.4, 0.5) is 17.6 Å². The van der Waals surface area contributed by atoms with Gasteiger partial charge >= 0.3 is 12.3 Å². The Bertz CT molecular complexity index is 384. The maximum Gasteiger partial charge on any atom is 0.345 e. The molecule has 7 heteroatoms. The van der Waals surface area contributed by atoms with Gasteiger partial charge in [0.05, 0.1) is 13.2 Å². The molecular weight excluding hydrogens is 268 g/mol. The molecule has 0 amide bonds. The summed E-state index contributed by atoms with van der Waals surface area (Å²) in [5.41, 5.74) is 0.688. The van der Waals surface area contributed by atoms with Gasteiger partial charge < -0.3 is 9.47 Å². The van der Waals surface area contributed by atoms with Crippen molar-refractivity contribution in [3.05, 3.63) is 35.9 Å². The number of hydrogen-bond acceptors (Lipinski definition) is 3. The van der Waals surface area contributed by atoms with Gasteiger partial charge in [-0.3, -0.25) is 4.79 Å². The fraction of sp³-hybridized carbons (Fsp3) is 0.417. The van der Waals surface area contributed by atoms with Gasteiger partial charge in [0.1, 0.15) is 0 Å². The minimum Gasteiger partial charge on any atom is -0.455 e. The molecule has 1 atom stereocenters. The lowest BCUT2D eigenvalue weighted by atomic mass is 10.2. The first-order valence-corrected chi connectivity index (χ1v) is 5.35. The predicted molar refractivity (Wildman–Crippen MR) is 58.0 cm³/mol. The third-order valence-electron chi connectivity index (χ3n) is 2.32. The molecule has 0 saturated heterocycles. The lowest BCUT2D eigenvalue weighted by Crippen LogP contribution is -2.44. The van der Waals surface area contributed by atoms with Crippen LogP contribution in [-0.4, -0.2) is 31.5 Å². The fourth-order valence-corrected chi connectivity index (χ4v) is 1.31. The molecule has 0 aliphatic heterocycles. The molecule has 1 aromatic carbocycles. The molecule has 0 aromatic heterocycles. The first-order chi connectivity index (χ1) is 8.98. The second-order valence-corrected chi connectivity index (χ2v) is 3.70. The summed E-state index contributed by atoms with van der Waals surface area (Å²) in [6.07, 6.45) is -6.24. The van der Waals surface area contributed by atoms with E-state index in [1.807, 2.05) is 0 Å². The summed E-state index contributed by atoms with van der Waals surface area (Å²) in [4.78, 5) is 10.1. The van der Waals surface area contributed by atoms with Gasteiger partial charge in [-0.1, -0.05) is 30.3 Å². The molecule has 106 valence electrons. The smallest absolute Gasteiger partial charge is 0.345 e. The zero-order valence-corrected chi connectivity index (χ0v) is 9.77. The zero-order chi connectivity index (χ0) is 14.3. The van der Waals surface area contributed by atoms with Gasteiger partial charge in [0.25, 0.3) is 6.47 Å². The zero-order valence-electron chi connectivity index (χ0n) is 9.77. The van der Waals surface area contributed by atoms with Crippen molar-refractivity contribution in [1.29, 1.82) is 0 Å². The van der Waals surface area contributed by atoms with Crippen LogP contribution >= 0.6 is 0 Å². The molecule has 1 rings (SSSR count). The maximum atomic E-state index is 13.0. The topological polar surface area (TPSA) is 35.5 Å². The molecule has 0 radical (unpaired) electrons. The molecule has 19 heavy (non-hydrogen) atoms. The molecule has 3 nitrogen and oxygen atoms in total. The number of carbonyl (C=O) groups is 1. The lowest BCUT2D eigenvalue weighted by Gasteiger charge is -2.24. The van der Waals surface area contributed by atoms with Crippen molar-refractivity contribution in [2.24, 2.45) is 0 Å². The van der Waals surface area contributed by atoms with E-state index in [-0.39, 0.29) is 13.1 Å². The van der Waals surface area contributed by atoms with E-state index in [4.69, 9.17) is 4.74 Å². The van der Waals surface area contributed by atoms with E-state index in [1.165, 1.54) is 0 Å². The summed E-state index contributed by atoms with van der Waals surface area (Å²) < 4.78 is 59.1. The molecule has 0 fully saturated rings. The van der Waals surface area contributed by atoms with Gasteiger partial charge in [-0.05, 0) is 5.56 Å². The van der Waals surface area contributed by atoms with Crippen molar-refractivity contribution in [3.63, 3.8) is 0 Å². The summed E-state index contributed by atoms with van der Waals surface area (Å²) >= 11 is 0. The molecule has 0 aliphatic carbocycles. The number of carbonyl (C=O) groups excluding carboxylic acids is 1. The van der Waals surface area contributed by atoms with Crippen molar-refractivity contribution >= 4 is 6.47 Å². The van der Waals surface area contributed by atoms with Gasteiger partial charge in [-0.15, -0.1) is 0 Å². The van der Waals surface area contributed by atoms with E-state index >= 15 is 0 Å². The van der Waals surface area contributed by atoms with E-state index in [9.17, 15) is 22.4 Å². The van der Waals surface area contributed by atoms with Crippen LogP contribution in [0.5, 0.6) is 0 Å². The van der Waals surface area contributed by atoms with E-state index < -0.39 is 25.1 Å². The molecule has 0 aliphatic rings. The van der Waals surface area contributed by atoms with Crippen LogP contribution in [0.3, 0.4) is 0 Å². The second kappa shape index (κ2) is 7.08. The summed E-state index contributed by atoms with van der Waals surface area (Å²) in [5, 5.41) is 0. The Morgan fingerprint density at radius 2 is 1.84 bits per heavy atom. The summed E-state index contributed by atoms with van der Waals surface area (Å²) in [6.45, 7) is -1.16. The van der Waals surface area contributed by atoms with Gasteiger partial charge in [0, 0.05) is 0 Å². The molecule has 1 aromatic rings. The van der Waals surface area contributed by atoms with E-state index in [2.05, 4.69) is 4.74 Å². The normalized spacial score (nSPS) is 13.3. The Kier molecular flexibility index (Phi) is 5.75. The molecule has 0 saturated carbocycles. The van der Waals surface area contributed by atoms with Crippen molar-refractivity contribution in [2.75, 3.05) is 6.61 Å². The van der Waals surface area contributed by atoms with Crippen LogP contribution in [0, 0.1) is 0 Å². The minimum atomic E-state index is -4.45. The molecule has 0 bridgehead atoms. The Labute approximate surface area is 107 Å². The van der Waals surface area contributed by atoms with E-state index in [0.717, 1.165) is 0 Å². The van der Waals surface area contributed by atoms with E-state index in [1.54, 1.807) is 30.3 Å². The van der Waals surface area contributed by atoms with Crippen molar-refractivity contribution in [3.8, 4) is 0 Å². The summed E-state index contributed by atoms with van der Waals surface area (Å²) in [6, 6.07) is 8.55. The van der Waals surface area contributed by atoms with Gasteiger partial charge in [0.2, 0.25) is 0 Å². The monoisotopic (exact) mass is 280 g/mol. The second-order valence-electron chi connectivity index (χ2n) is 3.70. The highest BCUT2D eigenvalue weighted by atomic mass is 19.3. The van der Waals surface area contributed by atoms with Crippen LogP contribution < -0.4 is 0 Å². The molecule has 0 unspecified atom stereocenters. The van der Waals surface area contributed by atoms with Crippen molar-refractivity contribution in [1.82, 2.24) is 0 Å². The largest absolute Gasteiger partial charge is 0.455 e. The average Bonchev–Trinajstić information content (AvgIpc) is 2.38. The van der Waals surface area contributed by atoms with Crippen LogP contribution in [-0.2, 0) is 20.9 Å². The standard InChI is InChI=1S/C12H12F4O3/c13-11(14)12(15,16)10(19-8-17)7-18-6-9-4-2-1-3-5-9/h1-5,8,10-11H,6-7H2/t10-/m1/s1. The number of rotatable bonds is 8. The highest BCUT2D eigenvalue weighted by Crippen LogP contribution is 2.29. The molecule has 0 spiro atoms. The number of halogens is 4. The highest BCUT2D eigenvalue weighted by molar-refractivity contribution is 5.37. The van der Waals surface area contributed by atoms with Crippen molar-refractivity contribution < 1.29 is 31.8 Å². The average molecular weight is 280 g/mol. The Balaban J connectivity index is 2.53. The highest BCUT2D eigenvalue weighted by Gasteiger charge is 2.50. The third kappa shape index (κ3) is 4.51. The number of alkyl halides is 4. The SMILES string of the molecule is O=CO[C@H](COCc1ccccc1)C(F)(F)C(F)F. The van der Waals surface area contributed by atoms with Crippen LogP contribution in [0.15, 0.2) is 30.3 Å². The first-order valence-electron chi connectivity index (χ1n) is 5.35. The van der Waals surface area contributed by atoms with Crippen LogP contribution in [0.1, 0.15) is 5.56 Å². The first kappa shape index (κ1) is 15.4. The fourth-order valence-electron chi connectivity index (χ4n) is 1.31. The molecular formula is C12H12F4O3. The van der Waals surface area contributed by atoms with Gasteiger partial charge in [-0.25, -0.2) is 8.78 Å². The quantitative estimate of drug-likeness (QED) is 0.542. The Morgan fingerprint density at radius 1 is 1.21 bits per heavy atom. The van der Waals surface area contributed by atoms with Crippen LogP contribution in [0.25, 0.3) is 0 Å².